The number of hydrogen-bond donors (Lipinski definition) is 0. The van der Waals surface area contributed by atoms with E-state index in [1.54, 1.807) is 0 Å². The van der Waals surface area contributed by atoms with Crippen molar-refractivity contribution < 1.29 is 8.83 Å². The summed E-state index contributed by atoms with van der Waals surface area (Å²) in [5, 5.41) is 31.9. The van der Waals surface area contributed by atoms with Crippen molar-refractivity contribution in [1.29, 1.82) is 10.5 Å². The Labute approximate surface area is 353 Å². The quantitative estimate of drug-likeness (QED) is 0.178. The molecule has 6 heteroatoms. The number of nitriles is 2. The lowest BCUT2D eigenvalue weighted by molar-refractivity contribution is 0.670. The summed E-state index contributed by atoms with van der Waals surface area (Å²) in [7, 11) is 0. The second-order valence-corrected chi connectivity index (χ2v) is 15.7. The van der Waals surface area contributed by atoms with Gasteiger partial charge < -0.3 is 18.0 Å². The van der Waals surface area contributed by atoms with Crippen LogP contribution in [0.4, 0.5) is 0 Å². The Kier molecular flexibility index (Phi) is 7.05. The van der Waals surface area contributed by atoms with Gasteiger partial charge in [-0.3, -0.25) is 0 Å². The Balaban J connectivity index is 1.31. The zero-order valence-corrected chi connectivity index (χ0v) is 32.9. The number of aromatic nitrogens is 2. The number of nitrogens with zero attached hydrogens (tertiary/aromatic N) is 4. The first-order chi connectivity index (χ1) is 30.7. The Bertz CT molecular complexity index is 3840. The van der Waals surface area contributed by atoms with E-state index < -0.39 is 0 Å². The molecule has 0 N–H and O–H groups in total. The highest BCUT2D eigenvalue weighted by molar-refractivity contribution is 6.24. The predicted octanol–water partition coefficient (Wildman–Crippen LogP) is 14.8. The van der Waals surface area contributed by atoms with Crippen LogP contribution < -0.4 is 0 Å². The van der Waals surface area contributed by atoms with E-state index in [0.717, 1.165) is 87.4 Å². The van der Waals surface area contributed by atoms with Gasteiger partial charge in [0.2, 0.25) is 0 Å². The molecule has 0 bridgehead atoms. The molecule has 0 aliphatic heterocycles. The summed E-state index contributed by atoms with van der Waals surface area (Å²) in [6, 6.07) is 66.8. The van der Waals surface area contributed by atoms with Crippen molar-refractivity contribution in [2.75, 3.05) is 0 Å². The lowest BCUT2D eigenvalue weighted by Crippen LogP contribution is -2.11. The fraction of sp³-hybridized carbons (Fsp3) is 0. The number of benzene rings is 9. The third-order valence-corrected chi connectivity index (χ3v) is 12.6. The smallest absolute Gasteiger partial charge is 0.160 e. The van der Waals surface area contributed by atoms with E-state index >= 15 is 0 Å². The summed E-state index contributed by atoms with van der Waals surface area (Å²) in [6.07, 6.45) is 0. The minimum absolute atomic E-state index is 0.419. The van der Waals surface area contributed by atoms with Crippen molar-refractivity contribution in [1.82, 2.24) is 9.13 Å². The summed E-state index contributed by atoms with van der Waals surface area (Å²) in [5.41, 5.74) is 11.3. The lowest BCUT2D eigenvalue weighted by Gasteiger charge is -2.25. The van der Waals surface area contributed by atoms with Gasteiger partial charge in [-0.05, 0) is 47.5 Å². The van der Waals surface area contributed by atoms with Crippen molar-refractivity contribution in [3.63, 3.8) is 0 Å². The van der Waals surface area contributed by atoms with Crippen molar-refractivity contribution in [2.24, 2.45) is 0 Å². The van der Waals surface area contributed by atoms with Gasteiger partial charge >= 0.3 is 0 Å². The van der Waals surface area contributed by atoms with Gasteiger partial charge in [-0.15, -0.1) is 0 Å². The average molecular weight is 791 g/mol. The Morgan fingerprint density at radius 3 is 1.11 bits per heavy atom. The molecule has 286 valence electrons. The SMILES string of the molecule is N#Cc1c(-c2ccccc2)c(-n2c3ccccc3c3ccc4c5ccccc5oc4c32)c(C#N)c(-c2ccccc2)c1-n1c2ccccc2c2ccc3c4ccccc4oc3c21. The monoisotopic (exact) mass is 790 g/mol. The minimum Gasteiger partial charge on any atom is -0.454 e. The van der Waals surface area contributed by atoms with Gasteiger partial charge in [-0.2, -0.15) is 10.5 Å². The van der Waals surface area contributed by atoms with E-state index in [4.69, 9.17) is 8.83 Å². The Morgan fingerprint density at radius 2 is 0.694 bits per heavy atom. The highest BCUT2D eigenvalue weighted by Gasteiger charge is 2.33. The molecule has 0 saturated carbocycles. The van der Waals surface area contributed by atoms with Crippen LogP contribution in [0.25, 0.3) is 121 Å². The molecule has 4 aromatic heterocycles. The molecule has 0 aliphatic rings. The number of hydrogen-bond acceptors (Lipinski definition) is 4. The van der Waals surface area contributed by atoms with Crippen molar-refractivity contribution in [2.45, 2.75) is 0 Å². The van der Waals surface area contributed by atoms with E-state index in [1.807, 2.05) is 121 Å². The third-order valence-electron chi connectivity index (χ3n) is 12.6. The summed E-state index contributed by atoms with van der Waals surface area (Å²) in [4.78, 5) is 0. The van der Waals surface area contributed by atoms with Crippen molar-refractivity contribution >= 4 is 87.5 Å². The number of fused-ring (bicyclic) bond motifs is 14. The van der Waals surface area contributed by atoms with Crippen LogP contribution in [-0.4, -0.2) is 9.13 Å². The van der Waals surface area contributed by atoms with Crippen LogP contribution in [0.1, 0.15) is 11.1 Å². The van der Waals surface area contributed by atoms with Gasteiger partial charge in [-0.1, -0.05) is 146 Å². The van der Waals surface area contributed by atoms with Gasteiger partial charge in [0, 0.05) is 54.2 Å². The van der Waals surface area contributed by atoms with Crippen LogP contribution in [0.2, 0.25) is 0 Å². The molecule has 0 radical (unpaired) electrons. The topological polar surface area (TPSA) is 83.7 Å². The normalized spacial score (nSPS) is 11.8. The Morgan fingerprint density at radius 1 is 0.339 bits per heavy atom. The fourth-order valence-electron chi connectivity index (χ4n) is 10.1. The lowest BCUT2D eigenvalue weighted by atomic mass is 9.86. The summed E-state index contributed by atoms with van der Waals surface area (Å²) < 4.78 is 18.0. The first-order valence-corrected chi connectivity index (χ1v) is 20.6. The standard InChI is InChI=1S/C56H30N4O2/c57-31-43-49(33-15-3-1-4-16-33)51(59-45-23-11-7-19-35(45)39-27-29-41-37-21-9-13-25-47(37)61-55(41)53(39)59)44(32-58)50(34-17-5-2-6-18-34)52(43)60-46-24-12-8-20-36(46)40-28-30-42-38-22-10-14-26-48(38)62-56(42)54(40)60/h1-30H. The zero-order valence-electron chi connectivity index (χ0n) is 32.9. The maximum Gasteiger partial charge on any atom is 0.160 e. The molecule has 0 unspecified atom stereocenters. The molecule has 0 atom stereocenters. The molecule has 9 aromatic carbocycles. The van der Waals surface area contributed by atoms with Gasteiger partial charge in [0.15, 0.2) is 11.2 Å². The van der Waals surface area contributed by atoms with Crippen LogP contribution in [0.5, 0.6) is 0 Å². The molecule has 0 spiro atoms. The van der Waals surface area contributed by atoms with Gasteiger partial charge in [-0.25, -0.2) is 0 Å². The highest BCUT2D eigenvalue weighted by atomic mass is 16.3. The van der Waals surface area contributed by atoms with Crippen LogP contribution in [-0.2, 0) is 0 Å². The maximum absolute atomic E-state index is 12.0. The molecule has 6 nitrogen and oxygen atoms in total. The first-order valence-electron chi connectivity index (χ1n) is 20.6. The zero-order chi connectivity index (χ0) is 41.1. The Hall–Kier alpha value is -8.84. The maximum atomic E-state index is 12.0. The van der Waals surface area contributed by atoms with E-state index in [-0.39, 0.29) is 0 Å². The molecule has 0 amide bonds. The minimum atomic E-state index is 0.419. The number of para-hydroxylation sites is 4. The summed E-state index contributed by atoms with van der Waals surface area (Å²) in [5.74, 6) is 0. The summed E-state index contributed by atoms with van der Waals surface area (Å²) >= 11 is 0. The first kappa shape index (κ1) is 34.1. The van der Waals surface area contributed by atoms with Gasteiger partial charge in [0.05, 0.1) is 44.6 Å². The van der Waals surface area contributed by atoms with Crippen LogP contribution >= 0.6 is 0 Å². The van der Waals surface area contributed by atoms with Crippen molar-refractivity contribution in [3.05, 3.63) is 193 Å². The van der Waals surface area contributed by atoms with Crippen LogP contribution in [0.3, 0.4) is 0 Å². The number of rotatable bonds is 4. The van der Waals surface area contributed by atoms with E-state index in [1.165, 1.54) is 0 Å². The molecule has 13 rings (SSSR count). The average Bonchev–Trinajstić information content (AvgIpc) is 4.09. The molecular formula is C56H30N4O2. The molecule has 0 aliphatic carbocycles. The molecule has 0 saturated heterocycles. The molecule has 4 heterocycles. The molecule has 0 fully saturated rings. The molecule has 62 heavy (non-hydrogen) atoms. The highest BCUT2D eigenvalue weighted by Crippen LogP contribution is 2.50. The van der Waals surface area contributed by atoms with Crippen molar-refractivity contribution in [3.8, 4) is 45.8 Å². The van der Waals surface area contributed by atoms with E-state index in [9.17, 15) is 10.5 Å². The molecular weight excluding hydrogens is 761 g/mol. The molecule has 13 aromatic rings. The van der Waals surface area contributed by atoms with E-state index in [0.29, 0.717) is 44.8 Å². The van der Waals surface area contributed by atoms with Crippen LogP contribution in [0.15, 0.2) is 191 Å². The second kappa shape index (κ2) is 12.8. The number of furan rings is 2. The third kappa shape index (κ3) is 4.50. The second-order valence-electron chi connectivity index (χ2n) is 15.7. The summed E-state index contributed by atoms with van der Waals surface area (Å²) in [6.45, 7) is 0. The van der Waals surface area contributed by atoms with Crippen LogP contribution in [0, 0.1) is 22.7 Å². The predicted molar refractivity (Wildman–Crippen MR) is 250 cm³/mol. The van der Waals surface area contributed by atoms with Gasteiger partial charge in [0.1, 0.15) is 23.3 Å². The fourth-order valence-corrected chi connectivity index (χ4v) is 10.1. The van der Waals surface area contributed by atoms with E-state index in [2.05, 4.69) is 81.9 Å². The largest absolute Gasteiger partial charge is 0.454 e. The van der Waals surface area contributed by atoms with Gasteiger partial charge in [0.25, 0.3) is 0 Å².